The summed E-state index contributed by atoms with van der Waals surface area (Å²) in [5.74, 6) is 2.75. The summed E-state index contributed by atoms with van der Waals surface area (Å²) in [6, 6.07) is 4.02. The molecule has 1 heterocycles. The van der Waals surface area contributed by atoms with Gasteiger partial charge in [0.1, 0.15) is 11.5 Å². The number of likely N-dealkylation sites (N-methyl/N-ethyl adjacent to an activating group) is 1. The first-order chi connectivity index (χ1) is 12.6. The molecule has 4 aliphatic rings. The van der Waals surface area contributed by atoms with E-state index in [9.17, 15) is 9.90 Å². The zero-order valence-corrected chi connectivity index (χ0v) is 15.8. The van der Waals surface area contributed by atoms with Crippen LogP contribution in [0.3, 0.4) is 0 Å². The molecule has 4 atom stereocenters. The van der Waals surface area contributed by atoms with E-state index < -0.39 is 0 Å². The highest BCUT2D eigenvalue weighted by molar-refractivity contribution is 5.88. The molecule has 0 saturated heterocycles. The average molecular weight is 355 g/mol. The van der Waals surface area contributed by atoms with Crippen LogP contribution in [0.15, 0.2) is 12.1 Å². The van der Waals surface area contributed by atoms with Gasteiger partial charge in [-0.05, 0) is 63.1 Å². The molecule has 1 aromatic rings. The lowest BCUT2D eigenvalue weighted by Gasteiger charge is -2.53. The number of phenols is 1. The molecule has 1 N–H and O–H groups in total. The Morgan fingerprint density at radius 1 is 1.31 bits per heavy atom. The number of hydrogen-bond donors (Lipinski definition) is 1. The van der Waals surface area contributed by atoms with Crippen LogP contribution in [0.5, 0.6) is 11.5 Å². The number of nitrogens with zero attached hydrogens (tertiary/aromatic N) is 1. The van der Waals surface area contributed by atoms with E-state index in [1.54, 1.807) is 6.07 Å². The van der Waals surface area contributed by atoms with Gasteiger partial charge in [0, 0.05) is 35.5 Å². The SMILES string of the molecule is CCC[C@@]12c3c4ccc(O)c3CC(N(C)CC3CC3)C1CCC(=O)C2O4. The predicted octanol–water partition coefficient (Wildman–Crippen LogP) is 3.44. The summed E-state index contributed by atoms with van der Waals surface area (Å²) in [5, 5.41) is 10.7. The molecule has 1 aliphatic heterocycles. The van der Waals surface area contributed by atoms with Gasteiger partial charge < -0.3 is 14.7 Å². The quantitative estimate of drug-likeness (QED) is 0.879. The summed E-state index contributed by atoms with van der Waals surface area (Å²) in [6.45, 7) is 3.34. The highest BCUT2D eigenvalue weighted by atomic mass is 16.5. The van der Waals surface area contributed by atoms with Crippen LogP contribution < -0.4 is 4.74 Å². The zero-order valence-electron chi connectivity index (χ0n) is 15.8. The molecular weight excluding hydrogens is 326 g/mol. The molecule has 0 amide bonds. The average Bonchev–Trinajstić information content (AvgIpc) is 3.36. The third-order valence-electron chi connectivity index (χ3n) is 7.43. The maximum absolute atomic E-state index is 12.9. The van der Waals surface area contributed by atoms with E-state index in [-0.39, 0.29) is 17.3 Å². The van der Waals surface area contributed by atoms with Gasteiger partial charge in [-0.2, -0.15) is 0 Å². The highest BCUT2D eigenvalue weighted by Crippen LogP contribution is 2.61. The van der Waals surface area contributed by atoms with Gasteiger partial charge in [0.15, 0.2) is 11.9 Å². The predicted molar refractivity (Wildman–Crippen MR) is 99.7 cm³/mol. The molecule has 2 saturated carbocycles. The number of ketones is 1. The molecule has 4 nitrogen and oxygen atoms in total. The lowest BCUT2D eigenvalue weighted by Crippen LogP contribution is -2.61. The summed E-state index contributed by atoms with van der Waals surface area (Å²) in [4.78, 5) is 15.4. The van der Waals surface area contributed by atoms with E-state index in [1.165, 1.54) is 18.4 Å². The number of carbonyl (C=O) groups is 1. The number of Topliss-reactive ketones (excluding diaryl/α,β-unsaturated/α-hetero) is 1. The maximum Gasteiger partial charge on any atom is 0.174 e. The Morgan fingerprint density at radius 3 is 2.85 bits per heavy atom. The molecule has 140 valence electrons. The van der Waals surface area contributed by atoms with Gasteiger partial charge in [0.05, 0.1) is 0 Å². The van der Waals surface area contributed by atoms with Crippen LogP contribution in [0.4, 0.5) is 0 Å². The number of phenolic OH excluding ortho intramolecular Hbond substituents is 1. The van der Waals surface area contributed by atoms with Crippen LogP contribution in [0, 0.1) is 11.8 Å². The van der Waals surface area contributed by atoms with Crippen LogP contribution in [-0.4, -0.2) is 41.5 Å². The normalized spacial score (nSPS) is 34.7. The molecule has 0 aromatic heterocycles. The highest BCUT2D eigenvalue weighted by Gasteiger charge is 2.63. The Kier molecular flexibility index (Phi) is 3.66. The Morgan fingerprint density at radius 2 is 2.12 bits per heavy atom. The van der Waals surface area contributed by atoms with Gasteiger partial charge in [-0.3, -0.25) is 4.79 Å². The second-order valence-electron chi connectivity index (χ2n) is 8.99. The first-order valence-electron chi connectivity index (χ1n) is 10.3. The fourth-order valence-electron chi connectivity index (χ4n) is 6.26. The Bertz CT molecular complexity index is 756. The molecule has 4 heteroatoms. The van der Waals surface area contributed by atoms with Crippen LogP contribution >= 0.6 is 0 Å². The number of carbonyl (C=O) groups excluding carboxylic acids is 1. The van der Waals surface area contributed by atoms with Gasteiger partial charge in [-0.1, -0.05) is 13.3 Å². The minimum atomic E-state index is -0.353. The number of aromatic hydroxyl groups is 1. The lowest BCUT2D eigenvalue weighted by atomic mass is 9.53. The summed E-state index contributed by atoms with van der Waals surface area (Å²) in [7, 11) is 2.25. The molecule has 2 fully saturated rings. The van der Waals surface area contributed by atoms with Gasteiger partial charge in [-0.15, -0.1) is 0 Å². The number of benzene rings is 1. The van der Waals surface area contributed by atoms with Gasteiger partial charge >= 0.3 is 0 Å². The van der Waals surface area contributed by atoms with Gasteiger partial charge in [-0.25, -0.2) is 0 Å². The van der Waals surface area contributed by atoms with Crippen molar-refractivity contribution in [3.05, 3.63) is 23.3 Å². The Labute approximate surface area is 155 Å². The third-order valence-corrected chi connectivity index (χ3v) is 7.43. The first kappa shape index (κ1) is 16.6. The summed E-state index contributed by atoms with van der Waals surface area (Å²) >= 11 is 0. The minimum absolute atomic E-state index is 0.242. The molecule has 26 heavy (non-hydrogen) atoms. The van der Waals surface area contributed by atoms with Crippen molar-refractivity contribution in [2.24, 2.45) is 11.8 Å². The number of ether oxygens (including phenoxy) is 1. The smallest absolute Gasteiger partial charge is 0.174 e. The standard InChI is InChI=1S/C22H29NO3/c1-3-10-22-15-6-7-18(25)21(22)26-19-9-8-17(24)14(20(19)22)11-16(15)23(2)12-13-4-5-13/h8-9,13,15-16,21,24H,3-7,10-12H2,1-2H3/t15?,16?,21?,22-/m0/s1. The van der Waals surface area contributed by atoms with Crippen LogP contribution in [0.1, 0.15) is 56.6 Å². The molecule has 0 radical (unpaired) electrons. The molecule has 5 rings (SSSR count). The van der Waals surface area contributed by atoms with Crippen LogP contribution in [0.25, 0.3) is 0 Å². The third kappa shape index (κ3) is 2.14. The molecule has 0 spiro atoms. The van der Waals surface area contributed by atoms with Crippen LogP contribution in [0.2, 0.25) is 0 Å². The van der Waals surface area contributed by atoms with Crippen molar-refractivity contribution in [1.82, 2.24) is 4.90 Å². The van der Waals surface area contributed by atoms with E-state index in [0.717, 1.165) is 49.5 Å². The second kappa shape index (κ2) is 5.72. The van der Waals surface area contributed by atoms with Crippen molar-refractivity contribution in [2.45, 2.75) is 69.4 Å². The van der Waals surface area contributed by atoms with Crippen molar-refractivity contribution < 1.29 is 14.6 Å². The van der Waals surface area contributed by atoms with Gasteiger partial charge in [0.2, 0.25) is 0 Å². The van der Waals surface area contributed by atoms with Crippen LogP contribution in [-0.2, 0) is 16.6 Å². The molecule has 3 unspecified atom stereocenters. The van der Waals surface area contributed by atoms with E-state index in [4.69, 9.17) is 4.74 Å². The Balaban J connectivity index is 1.67. The van der Waals surface area contributed by atoms with E-state index in [0.29, 0.717) is 24.1 Å². The molecule has 0 bridgehead atoms. The van der Waals surface area contributed by atoms with Crippen molar-refractivity contribution in [3.63, 3.8) is 0 Å². The fourth-order valence-corrected chi connectivity index (χ4v) is 6.26. The summed E-state index contributed by atoms with van der Waals surface area (Å²) < 4.78 is 6.27. The monoisotopic (exact) mass is 355 g/mol. The van der Waals surface area contributed by atoms with Crippen molar-refractivity contribution in [3.8, 4) is 11.5 Å². The lowest BCUT2D eigenvalue weighted by molar-refractivity contribution is -0.135. The van der Waals surface area contributed by atoms with E-state index in [1.807, 2.05) is 6.07 Å². The molecule has 1 aromatic carbocycles. The Hall–Kier alpha value is -1.55. The maximum atomic E-state index is 12.9. The topological polar surface area (TPSA) is 49.8 Å². The minimum Gasteiger partial charge on any atom is -0.508 e. The van der Waals surface area contributed by atoms with Gasteiger partial charge in [0.25, 0.3) is 0 Å². The first-order valence-corrected chi connectivity index (χ1v) is 10.3. The largest absolute Gasteiger partial charge is 0.508 e. The summed E-state index contributed by atoms with van der Waals surface area (Å²) in [5.41, 5.74) is 1.96. The van der Waals surface area contributed by atoms with E-state index in [2.05, 4.69) is 18.9 Å². The molecular formula is C22H29NO3. The van der Waals surface area contributed by atoms with E-state index >= 15 is 0 Å². The van der Waals surface area contributed by atoms with Crippen molar-refractivity contribution in [2.75, 3.05) is 13.6 Å². The van der Waals surface area contributed by atoms with Crippen molar-refractivity contribution >= 4 is 5.78 Å². The number of hydrogen-bond acceptors (Lipinski definition) is 4. The zero-order chi connectivity index (χ0) is 18.1. The molecule has 3 aliphatic carbocycles. The summed E-state index contributed by atoms with van der Waals surface area (Å²) in [6.07, 6.45) is 6.78. The second-order valence-corrected chi connectivity index (χ2v) is 8.99. The fraction of sp³-hybridized carbons (Fsp3) is 0.682. The number of rotatable bonds is 5. The van der Waals surface area contributed by atoms with Crippen molar-refractivity contribution in [1.29, 1.82) is 0 Å².